The fourth-order valence-electron chi connectivity index (χ4n) is 0.342. The van der Waals surface area contributed by atoms with Crippen LogP contribution in [0.1, 0.15) is 13.8 Å². The SMILES string of the molecule is C=C([CH]C)C(=O)OCC. The molecule has 0 fully saturated rings. The van der Waals surface area contributed by atoms with Crippen molar-refractivity contribution in [2.75, 3.05) is 6.61 Å². The maximum atomic E-state index is 10.6. The summed E-state index contributed by atoms with van der Waals surface area (Å²) in [6.07, 6.45) is 1.62. The van der Waals surface area contributed by atoms with Crippen LogP contribution in [0.3, 0.4) is 0 Å². The van der Waals surface area contributed by atoms with Crippen LogP contribution < -0.4 is 0 Å². The van der Waals surface area contributed by atoms with Crippen LogP contribution in [0.4, 0.5) is 0 Å². The Morgan fingerprint density at radius 2 is 2.33 bits per heavy atom. The zero-order chi connectivity index (χ0) is 7.28. The molecular formula is C7H11O2. The Morgan fingerprint density at radius 3 is 2.67 bits per heavy atom. The second-order valence-electron chi connectivity index (χ2n) is 1.53. The van der Waals surface area contributed by atoms with Crippen LogP contribution in [-0.2, 0) is 9.53 Å². The van der Waals surface area contributed by atoms with Crippen LogP contribution >= 0.6 is 0 Å². The topological polar surface area (TPSA) is 26.3 Å². The van der Waals surface area contributed by atoms with Gasteiger partial charge in [0.15, 0.2) is 0 Å². The second-order valence-corrected chi connectivity index (χ2v) is 1.53. The molecule has 0 heterocycles. The van der Waals surface area contributed by atoms with E-state index in [2.05, 4.69) is 11.3 Å². The molecule has 0 bridgehead atoms. The highest BCUT2D eigenvalue weighted by atomic mass is 16.5. The Balaban J connectivity index is 3.60. The van der Waals surface area contributed by atoms with Crippen molar-refractivity contribution >= 4 is 5.97 Å². The first-order valence-electron chi connectivity index (χ1n) is 2.87. The summed E-state index contributed by atoms with van der Waals surface area (Å²) in [5.41, 5.74) is 0.414. The number of esters is 1. The van der Waals surface area contributed by atoms with Gasteiger partial charge in [-0.1, -0.05) is 13.5 Å². The Labute approximate surface area is 55.5 Å². The van der Waals surface area contributed by atoms with Gasteiger partial charge in [-0.25, -0.2) is 4.79 Å². The molecule has 0 aromatic heterocycles. The lowest BCUT2D eigenvalue weighted by atomic mass is 10.2. The highest BCUT2D eigenvalue weighted by Crippen LogP contribution is 1.96. The molecule has 0 rings (SSSR count). The molecule has 9 heavy (non-hydrogen) atoms. The van der Waals surface area contributed by atoms with Crippen LogP contribution in [-0.4, -0.2) is 12.6 Å². The van der Waals surface area contributed by atoms with E-state index in [0.717, 1.165) is 0 Å². The lowest BCUT2D eigenvalue weighted by Gasteiger charge is -1.99. The summed E-state index contributed by atoms with van der Waals surface area (Å²) in [7, 11) is 0. The molecule has 0 amide bonds. The van der Waals surface area contributed by atoms with Crippen LogP contribution in [0.25, 0.3) is 0 Å². The molecule has 0 N–H and O–H groups in total. The Bertz CT molecular complexity index is 116. The van der Waals surface area contributed by atoms with Gasteiger partial charge in [-0.15, -0.1) is 0 Å². The number of rotatable bonds is 3. The zero-order valence-electron chi connectivity index (χ0n) is 5.81. The Morgan fingerprint density at radius 1 is 1.78 bits per heavy atom. The average molecular weight is 127 g/mol. The summed E-state index contributed by atoms with van der Waals surface area (Å²) in [6.45, 7) is 7.38. The average Bonchev–Trinajstić information content (AvgIpc) is 1.87. The standard InChI is InChI=1S/C7H11O2/c1-4-6(3)7(8)9-5-2/h4H,3,5H2,1-2H3. The number of hydrogen-bond acceptors (Lipinski definition) is 2. The van der Waals surface area contributed by atoms with E-state index < -0.39 is 0 Å². The fourth-order valence-corrected chi connectivity index (χ4v) is 0.342. The second kappa shape index (κ2) is 4.13. The molecule has 0 saturated heterocycles. The minimum Gasteiger partial charge on any atom is -0.463 e. The number of carbonyl (C=O) groups excluding carboxylic acids is 1. The quantitative estimate of drug-likeness (QED) is 0.422. The van der Waals surface area contributed by atoms with Crippen molar-refractivity contribution in [3.63, 3.8) is 0 Å². The molecule has 1 radical (unpaired) electrons. The molecule has 51 valence electrons. The molecule has 0 spiro atoms. The van der Waals surface area contributed by atoms with Crippen LogP contribution in [0, 0.1) is 6.42 Å². The van der Waals surface area contributed by atoms with E-state index in [1.165, 1.54) is 0 Å². The summed E-state index contributed by atoms with van der Waals surface area (Å²) in [6, 6.07) is 0. The molecule has 0 aliphatic rings. The van der Waals surface area contributed by atoms with Gasteiger partial charge in [0.25, 0.3) is 0 Å². The summed E-state index contributed by atoms with van der Waals surface area (Å²) in [4.78, 5) is 10.6. The van der Waals surface area contributed by atoms with Crippen molar-refractivity contribution in [2.24, 2.45) is 0 Å². The van der Waals surface area contributed by atoms with Gasteiger partial charge in [0.2, 0.25) is 0 Å². The van der Waals surface area contributed by atoms with Crippen molar-refractivity contribution in [3.8, 4) is 0 Å². The summed E-state index contributed by atoms with van der Waals surface area (Å²) >= 11 is 0. The third-order valence-corrected chi connectivity index (χ3v) is 0.886. The van der Waals surface area contributed by atoms with Gasteiger partial charge in [0, 0.05) is 5.57 Å². The molecule has 0 aromatic rings. The van der Waals surface area contributed by atoms with Crippen molar-refractivity contribution in [1.82, 2.24) is 0 Å². The van der Waals surface area contributed by atoms with Gasteiger partial charge in [0.1, 0.15) is 0 Å². The summed E-state index contributed by atoms with van der Waals surface area (Å²) in [5, 5.41) is 0. The molecule has 0 unspecified atom stereocenters. The van der Waals surface area contributed by atoms with Gasteiger partial charge >= 0.3 is 5.97 Å². The van der Waals surface area contributed by atoms with E-state index in [1.807, 2.05) is 0 Å². The van der Waals surface area contributed by atoms with Gasteiger partial charge in [-0.2, -0.15) is 0 Å². The van der Waals surface area contributed by atoms with Gasteiger partial charge in [0.05, 0.1) is 6.61 Å². The van der Waals surface area contributed by atoms with Crippen LogP contribution in [0.15, 0.2) is 12.2 Å². The highest BCUT2D eigenvalue weighted by molar-refractivity contribution is 5.89. The van der Waals surface area contributed by atoms with Crippen LogP contribution in [0.5, 0.6) is 0 Å². The van der Waals surface area contributed by atoms with Crippen molar-refractivity contribution in [3.05, 3.63) is 18.6 Å². The lowest BCUT2D eigenvalue weighted by molar-refractivity contribution is -0.138. The minimum atomic E-state index is -0.333. The number of ether oxygens (including phenoxy) is 1. The monoisotopic (exact) mass is 127 g/mol. The summed E-state index contributed by atoms with van der Waals surface area (Å²) < 4.78 is 4.62. The van der Waals surface area contributed by atoms with E-state index >= 15 is 0 Å². The van der Waals surface area contributed by atoms with Gasteiger partial charge < -0.3 is 4.74 Å². The van der Waals surface area contributed by atoms with E-state index in [1.54, 1.807) is 20.3 Å². The maximum Gasteiger partial charge on any atom is 0.333 e. The third-order valence-electron chi connectivity index (χ3n) is 0.886. The highest BCUT2D eigenvalue weighted by Gasteiger charge is 2.02. The Kier molecular flexibility index (Phi) is 3.76. The van der Waals surface area contributed by atoms with Gasteiger partial charge in [-0.05, 0) is 13.3 Å². The smallest absolute Gasteiger partial charge is 0.333 e. The third kappa shape index (κ3) is 2.90. The van der Waals surface area contributed by atoms with E-state index in [4.69, 9.17) is 0 Å². The van der Waals surface area contributed by atoms with E-state index in [9.17, 15) is 4.79 Å². The van der Waals surface area contributed by atoms with Crippen LogP contribution in [0.2, 0.25) is 0 Å². The molecule has 2 heteroatoms. The maximum absolute atomic E-state index is 10.6. The molecule has 0 atom stereocenters. The molecule has 0 aliphatic heterocycles. The first-order chi connectivity index (χ1) is 4.22. The van der Waals surface area contributed by atoms with E-state index in [-0.39, 0.29) is 5.97 Å². The molecule has 0 aliphatic carbocycles. The van der Waals surface area contributed by atoms with Crippen molar-refractivity contribution in [1.29, 1.82) is 0 Å². The fraction of sp³-hybridized carbons (Fsp3) is 0.429. The molecule has 0 aromatic carbocycles. The Hall–Kier alpha value is -0.790. The number of carbonyl (C=O) groups is 1. The molecule has 0 saturated carbocycles. The minimum absolute atomic E-state index is 0.333. The molecular weight excluding hydrogens is 116 g/mol. The summed E-state index contributed by atoms with van der Waals surface area (Å²) in [5.74, 6) is -0.333. The lowest BCUT2D eigenvalue weighted by Crippen LogP contribution is -2.05. The molecule has 2 nitrogen and oxygen atoms in total. The van der Waals surface area contributed by atoms with Crippen molar-refractivity contribution < 1.29 is 9.53 Å². The largest absolute Gasteiger partial charge is 0.463 e. The van der Waals surface area contributed by atoms with E-state index in [0.29, 0.717) is 12.2 Å². The van der Waals surface area contributed by atoms with Gasteiger partial charge in [-0.3, -0.25) is 0 Å². The number of hydrogen-bond donors (Lipinski definition) is 0. The normalized spacial score (nSPS) is 8.67. The first kappa shape index (κ1) is 8.21. The van der Waals surface area contributed by atoms with Crippen molar-refractivity contribution in [2.45, 2.75) is 13.8 Å². The zero-order valence-corrected chi connectivity index (χ0v) is 5.81. The first-order valence-corrected chi connectivity index (χ1v) is 2.87. The predicted molar refractivity (Wildman–Crippen MR) is 35.7 cm³/mol. The predicted octanol–water partition coefficient (Wildman–Crippen LogP) is 1.33.